The molecule has 1 N–H and O–H groups in total. The summed E-state index contributed by atoms with van der Waals surface area (Å²) in [6.07, 6.45) is 6.87. The number of amides is 1. The van der Waals surface area contributed by atoms with Crippen molar-refractivity contribution in [2.75, 3.05) is 17.1 Å². The van der Waals surface area contributed by atoms with Crippen LogP contribution < -0.4 is 9.62 Å². The molecule has 0 bridgehead atoms. The predicted molar refractivity (Wildman–Crippen MR) is 78.1 cm³/mol. The standard InChI is InChI=1S/C14H16N2O3S/c1-4-7-15-14(17)11-5-6-13-12(9-11)8-10(2)16(13)20(3,18)19/h1,5-6,9-10H,7-8H2,2-3H3,(H,15,17)/t10-/m1/s1. The van der Waals surface area contributed by atoms with Gasteiger partial charge in [-0.2, -0.15) is 0 Å². The van der Waals surface area contributed by atoms with Gasteiger partial charge in [0.05, 0.1) is 18.5 Å². The number of hydrogen-bond donors (Lipinski definition) is 1. The van der Waals surface area contributed by atoms with Crippen molar-refractivity contribution < 1.29 is 13.2 Å². The maximum Gasteiger partial charge on any atom is 0.252 e. The van der Waals surface area contributed by atoms with E-state index in [9.17, 15) is 13.2 Å². The summed E-state index contributed by atoms with van der Waals surface area (Å²) in [5, 5.41) is 2.59. The van der Waals surface area contributed by atoms with Crippen LogP contribution in [-0.2, 0) is 16.4 Å². The average Bonchev–Trinajstić information content (AvgIpc) is 2.70. The van der Waals surface area contributed by atoms with Crippen LogP contribution in [0.25, 0.3) is 0 Å². The zero-order chi connectivity index (χ0) is 14.9. The van der Waals surface area contributed by atoms with Crippen molar-refractivity contribution in [3.8, 4) is 12.3 Å². The van der Waals surface area contributed by atoms with E-state index in [4.69, 9.17) is 6.42 Å². The van der Waals surface area contributed by atoms with Gasteiger partial charge in [0.2, 0.25) is 10.0 Å². The lowest BCUT2D eigenvalue weighted by Crippen LogP contribution is -2.34. The van der Waals surface area contributed by atoms with Gasteiger partial charge in [-0.05, 0) is 37.1 Å². The van der Waals surface area contributed by atoms with Crippen molar-refractivity contribution in [1.29, 1.82) is 0 Å². The van der Waals surface area contributed by atoms with E-state index < -0.39 is 10.0 Å². The first-order valence-electron chi connectivity index (χ1n) is 6.18. The Morgan fingerprint density at radius 2 is 2.25 bits per heavy atom. The number of fused-ring (bicyclic) bond motifs is 1. The number of carbonyl (C=O) groups excluding carboxylic acids is 1. The summed E-state index contributed by atoms with van der Waals surface area (Å²) < 4.78 is 25.0. The number of anilines is 1. The van der Waals surface area contributed by atoms with E-state index in [-0.39, 0.29) is 18.5 Å². The number of terminal acetylenes is 1. The van der Waals surface area contributed by atoms with Crippen LogP contribution in [0.1, 0.15) is 22.8 Å². The summed E-state index contributed by atoms with van der Waals surface area (Å²) in [6.45, 7) is 2.01. The second-order valence-electron chi connectivity index (χ2n) is 4.84. The number of sulfonamides is 1. The van der Waals surface area contributed by atoms with Gasteiger partial charge < -0.3 is 5.32 Å². The quantitative estimate of drug-likeness (QED) is 0.836. The minimum atomic E-state index is -3.31. The van der Waals surface area contributed by atoms with Crippen molar-refractivity contribution in [2.45, 2.75) is 19.4 Å². The molecule has 6 heteroatoms. The average molecular weight is 292 g/mol. The van der Waals surface area contributed by atoms with Crippen molar-refractivity contribution >= 4 is 21.6 Å². The van der Waals surface area contributed by atoms with E-state index >= 15 is 0 Å². The third kappa shape index (κ3) is 2.63. The fourth-order valence-electron chi connectivity index (χ4n) is 2.48. The SMILES string of the molecule is C#CCNC(=O)c1ccc2c(c1)C[C@@H](C)N2S(C)(=O)=O. The molecule has 0 saturated carbocycles. The Balaban J connectivity index is 2.34. The van der Waals surface area contributed by atoms with Crippen LogP contribution in [0.2, 0.25) is 0 Å². The van der Waals surface area contributed by atoms with Gasteiger partial charge in [0, 0.05) is 11.6 Å². The number of nitrogens with zero attached hydrogens (tertiary/aromatic N) is 1. The maximum absolute atomic E-state index is 11.8. The predicted octanol–water partition coefficient (Wildman–Crippen LogP) is 0.760. The second kappa shape index (κ2) is 5.17. The van der Waals surface area contributed by atoms with E-state index in [2.05, 4.69) is 11.2 Å². The molecular weight excluding hydrogens is 276 g/mol. The first-order valence-corrected chi connectivity index (χ1v) is 8.03. The summed E-state index contributed by atoms with van der Waals surface area (Å²) in [7, 11) is -3.31. The van der Waals surface area contributed by atoms with Gasteiger partial charge in [-0.3, -0.25) is 9.10 Å². The van der Waals surface area contributed by atoms with E-state index in [1.807, 2.05) is 6.92 Å². The first-order chi connectivity index (χ1) is 9.34. The van der Waals surface area contributed by atoms with E-state index in [0.717, 1.165) is 5.56 Å². The lowest BCUT2D eigenvalue weighted by molar-refractivity contribution is 0.0958. The molecule has 0 unspecified atom stereocenters. The topological polar surface area (TPSA) is 66.5 Å². The highest BCUT2D eigenvalue weighted by molar-refractivity contribution is 7.92. The number of rotatable bonds is 3. The third-order valence-electron chi connectivity index (χ3n) is 3.20. The molecule has 1 heterocycles. The largest absolute Gasteiger partial charge is 0.341 e. The lowest BCUT2D eigenvalue weighted by Gasteiger charge is -2.21. The van der Waals surface area contributed by atoms with Gasteiger partial charge in [0.15, 0.2) is 0 Å². The number of hydrogen-bond acceptors (Lipinski definition) is 3. The Morgan fingerprint density at radius 1 is 1.55 bits per heavy atom. The second-order valence-corrected chi connectivity index (χ2v) is 6.70. The molecule has 1 amide bonds. The molecule has 106 valence electrons. The number of nitrogens with one attached hydrogen (secondary N) is 1. The summed E-state index contributed by atoms with van der Waals surface area (Å²) in [5.74, 6) is 2.08. The van der Waals surface area contributed by atoms with Gasteiger partial charge in [0.1, 0.15) is 0 Å². The van der Waals surface area contributed by atoms with Crippen LogP contribution in [0, 0.1) is 12.3 Å². The van der Waals surface area contributed by atoms with Gasteiger partial charge in [-0.25, -0.2) is 8.42 Å². The van der Waals surface area contributed by atoms with Crippen LogP contribution in [-0.4, -0.2) is 33.2 Å². The number of benzene rings is 1. The Bertz CT molecular complexity index is 689. The molecule has 0 fully saturated rings. The highest BCUT2D eigenvalue weighted by Crippen LogP contribution is 2.34. The van der Waals surface area contributed by atoms with Crippen LogP contribution in [0.4, 0.5) is 5.69 Å². The van der Waals surface area contributed by atoms with Gasteiger partial charge >= 0.3 is 0 Å². The smallest absolute Gasteiger partial charge is 0.252 e. The fourth-order valence-corrected chi connectivity index (χ4v) is 3.75. The Kier molecular flexibility index (Phi) is 3.73. The highest BCUT2D eigenvalue weighted by atomic mass is 32.2. The normalized spacial score (nSPS) is 17.4. The van der Waals surface area contributed by atoms with E-state index in [1.165, 1.54) is 10.6 Å². The molecule has 20 heavy (non-hydrogen) atoms. The molecular formula is C14H16N2O3S. The molecule has 2 rings (SSSR count). The van der Waals surface area contributed by atoms with Gasteiger partial charge in [-0.1, -0.05) is 5.92 Å². The Labute approximate surface area is 119 Å². The summed E-state index contributed by atoms with van der Waals surface area (Å²) in [4.78, 5) is 11.8. The molecule has 1 atom stereocenters. The summed E-state index contributed by atoms with van der Waals surface area (Å²) >= 11 is 0. The summed E-state index contributed by atoms with van der Waals surface area (Å²) in [5.41, 5.74) is 1.99. The minimum Gasteiger partial charge on any atom is -0.341 e. The van der Waals surface area contributed by atoms with Gasteiger partial charge in [0.25, 0.3) is 5.91 Å². The molecule has 0 radical (unpaired) electrons. The molecule has 0 aliphatic carbocycles. The zero-order valence-corrected chi connectivity index (χ0v) is 12.2. The van der Waals surface area contributed by atoms with Crippen molar-refractivity contribution in [3.63, 3.8) is 0 Å². The first kappa shape index (κ1) is 14.4. The highest BCUT2D eigenvalue weighted by Gasteiger charge is 2.32. The van der Waals surface area contributed by atoms with E-state index in [0.29, 0.717) is 17.7 Å². The van der Waals surface area contributed by atoms with Crippen LogP contribution >= 0.6 is 0 Å². The molecule has 0 saturated heterocycles. The Hall–Kier alpha value is -2.00. The molecule has 1 aliphatic heterocycles. The summed E-state index contributed by atoms with van der Waals surface area (Å²) in [6, 6.07) is 4.87. The Morgan fingerprint density at radius 3 is 2.85 bits per heavy atom. The van der Waals surface area contributed by atoms with Crippen LogP contribution in [0.15, 0.2) is 18.2 Å². The monoisotopic (exact) mass is 292 g/mol. The molecule has 1 aromatic rings. The van der Waals surface area contributed by atoms with Crippen LogP contribution in [0.5, 0.6) is 0 Å². The minimum absolute atomic E-state index is 0.135. The van der Waals surface area contributed by atoms with Gasteiger partial charge in [-0.15, -0.1) is 6.42 Å². The van der Waals surface area contributed by atoms with E-state index in [1.54, 1.807) is 18.2 Å². The van der Waals surface area contributed by atoms with Crippen LogP contribution in [0.3, 0.4) is 0 Å². The van der Waals surface area contributed by atoms with Crippen molar-refractivity contribution in [3.05, 3.63) is 29.3 Å². The maximum atomic E-state index is 11.8. The molecule has 5 nitrogen and oxygen atoms in total. The third-order valence-corrected chi connectivity index (χ3v) is 4.47. The van der Waals surface area contributed by atoms with Crippen molar-refractivity contribution in [1.82, 2.24) is 5.32 Å². The van der Waals surface area contributed by atoms with Crippen molar-refractivity contribution in [2.24, 2.45) is 0 Å². The molecule has 1 aliphatic rings. The molecule has 0 aromatic heterocycles. The fraction of sp³-hybridized carbons (Fsp3) is 0.357. The number of carbonyl (C=O) groups is 1. The zero-order valence-electron chi connectivity index (χ0n) is 11.4. The molecule has 0 spiro atoms. The lowest BCUT2D eigenvalue weighted by atomic mass is 10.1. The molecule has 1 aromatic carbocycles.